The van der Waals surface area contributed by atoms with Gasteiger partial charge in [-0.3, -0.25) is 0 Å². The van der Waals surface area contributed by atoms with Crippen LogP contribution in [0, 0.1) is 0 Å². The maximum Gasteiger partial charge on any atom is 0.168 e. The van der Waals surface area contributed by atoms with Gasteiger partial charge in [-0.2, -0.15) is 0 Å². The average molecular weight is 379 g/mol. The molecule has 0 amide bonds. The number of nitrogens with zero attached hydrogens (tertiary/aromatic N) is 2. The van der Waals surface area contributed by atoms with Crippen LogP contribution in [0.25, 0.3) is 0 Å². The van der Waals surface area contributed by atoms with Crippen LogP contribution in [0.5, 0.6) is 0 Å². The highest BCUT2D eigenvalue weighted by Gasteiger charge is 2.09. The summed E-state index contributed by atoms with van der Waals surface area (Å²) in [6.45, 7) is 0.611. The van der Waals surface area contributed by atoms with Gasteiger partial charge in [-0.25, -0.2) is 4.98 Å². The zero-order chi connectivity index (χ0) is 16.9. The summed E-state index contributed by atoms with van der Waals surface area (Å²) in [6, 6.07) is 15.5. The van der Waals surface area contributed by atoms with E-state index in [0.29, 0.717) is 12.2 Å². The number of aromatic nitrogens is 2. The van der Waals surface area contributed by atoms with Gasteiger partial charge < -0.3 is 9.67 Å². The third-order valence-electron chi connectivity index (χ3n) is 3.47. The normalized spacial score (nSPS) is 11.0. The van der Waals surface area contributed by atoms with Crippen LogP contribution in [-0.2, 0) is 18.9 Å². The topological polar surface area (TPSA) is 38.0 Å². The molecule has 0 fully saturated rings. The Bertz CT molecular complexity index is 818. The van der Waals surface area contributed by atoms with Crippen LogP contribution in [-0.4, -0.2) is 14.7 Å². The first-order valence-electron chi connectivity index (χ1n) is 7.42. The number of thioether (sulfide) groups is 1. The van der Waals surface area contributed by atoms with Gasteiger partial charge in [0.25, 0.3) is 0 Å². The van der Waals surface area contributed by atoms with Gasteiger partial charge in [0.1, 0.15) is 0 Å². The van der Waals surface area contributed by atoms with E-state index in [1.807, 2.05) is 59.3 Å². The summed E-state index contributed by atoms with van der Waals surface area (Å²) in [5.41, 5.74) is 2.93. The Morgan fingerprint density at radius 1 is 1.00 bits per heavy atom. The first-order chi connectivity index (χ1) is 11.6. The molecule has 0 radical (unpaired) electrons. The maximum atomic E-state index is 9.38. The van der Waals surface area contributed by atoms with Gasteiger partial charge in [-0.15, -0.1) is 0 Å². The first-order valence-corrected chi connectivity index (χ1v) is 9.17. The molecule has 6 heteroatoms. The van der Waals surface area contributed by atoms with Gasteiger partial charge in [0.15, 0.2) is 5.16 Å². The molecule has 0 aliphatic rings. The number of benzene rings is 2. The standard InChI is InChI=1S/C18H16Cl2N2OS/c19-15-6-4-13(5-7-15)9-22-10-17(11-23)21-18(22)24-12-14-2-1-3-16(20)8-14/h1-8,10,23H,9,11-12H2. The zero-order valence-corrected chi connectivity index (χ0v) is 15.2. The summed E-state index contributed by atoms with van der Waals surface area (Å²) in [7, 11) is 0. The fourth-order valence-corrected chi connectivity index (χ4v) is 3.60. The fraction of sp³-hybridized carbons (Fsp3) is 0.167. The molecule has 0 saturated heterocycles. The van der Waals surface area contributed by atoms with Crippen molar-refractivity contribution < 1.29 is 5.11 Å². The van der Waals surface area contributed by atoms with Crippen molar-refractivity contribution in [3.63, 3.8) is 0 Å². The molecule has 3 aromatic rings. The van der Waals surface area contributed by atoms with E-state index in [4.69, 9.17) is 23.2 Å². The summed E-state index contributed by atoms with van der Waals surface area (Å²) in [4.78, 5) is 4.50. The molecule has 3 nitrogen and oxygen atoms in total. The van der Waals surface area contributed by atoms with Crippen LogP contribution in [0.3, 0.4) is 0 Å². The van der Waals surface area contributed by atoms with E-state index >= 15 is 0 Å². The predicted octanol–water partition coefficient (Wildman–Crippen LogP) is 5.02. The SMILES string of the molecule is OCc1cn(Cc2ccc(Cl)cc2)c(SCc2cccc(Cl)c2)n1. The van der Waals surface area contributed by atoms with Crippen molar-refractivity contribution >= 4 is 35.0 Å². The van der Waals surface area contributed by atoms with E-state index in [1.54, 1.807) is 11.8 Å². The monoisotopic (exact) mass is 378 g/mol. The van der Waals surface area contributed by atoms with E-state index in [1.165, 1.54) is 0 Å². The second-order valence-electron chi connectivity index (χ2n) is 5.35. The van der Waals surface area contributed by atoms with Crippen LogP contribution >= 0.6 is 35.0 Å². The van der Waals surface area contributed by atoms with Crippen molar-refractivity contribution in [2.75, 3.05) is 0 Å². The lowest BCUT2D eigenvalue weighted by molar-refractivity contribution is 0.277. The van der Waals surface area contributed by atoms with Gasteiger partial charge in [-0.05, 0) is 35.4 Å². The van der Waals surface area contributed by atoms with Gasteiger partial charge in [0.2, 0.25) is 0 Å². The smallest absolute Gasteiger partial charge is 0.168 e. The summed E-state index contributed by atoms with van der Waals surface area (Å²) in [5, 5.41) is 11.7. The lowest BCUT2D eigenvalue weighted by Crippen LogP contribution is -2.00. The number of hydrogen-bond donors (Lipinski definition) is 1. The first kappa shape index (κ1) is 17.4. The third kappa shape index (κ3) is 4.54. The number of imidazole rings is 1. The summed E-state index contributed by atoms with van der Waals surface area (Å²) >= 11 is 13.6. The zero-order valence-electron chi connectivity index (χ0n) is 12.8. The molecule has 124 valence electrons. The van der Waals surface area contributed by atoms with Gasteiger partial charge >= 0.3 is 0 Å². The largest absolute Gasteiger partial charge is 0.390 e. The van der Waals surface area contributed by atoms with E-state index in [9.17, 15) is 5.11 Å². The average Bonchev–Trinajstić information content (AvgIpc) is 2.97. The van der Waals surface area contributed by atoms with Crippen molar-refractivity contribution in [1.82, 2.24) is 9.55 Å². The Hall–Kier alpha value is -1.46. The van der Waals surface area contributed by atoms with Crippen LogP contribution in [0.15, 0.2) is 59.9 Å². The molecular weight excluding hydrogens is 363 g/mol. The van der Waals surface area contributed by atoms with Crippen LogP contribution in [0.1, 0.15) is 16.8 Å². The minimum absolute atomic E-state index is 0.0711. The molecule has 24 heavy (non-hydrogen) atoms. The van der Waals surface area contributed by atoms with Crippen molar-refractivity contribution in [2.24, 2.45) is 0 Å². The van der Waals surface area contributed by atoms with Crippen molar-refractivity contribution in [3.8, 4) is 0 Å². The summed E-state index contributed by atoms with van der Waals surface area (Å²) in [5.74, 6) is 0.767. The lowest BCUT2D eigenvalue weighted by atomic mass is 10.2. The Balaban J connectivity index is 1.76. The number of aliphatic hydroxyl groups is 1. The van der Waals surface area contributed by atoms with Gasteiger partial charge in [0, 0.05) is 28.5 Å². The highest BCUT2D eigenvalue weighted by atomic mass is 35.5. The van der Waals surface area contributed by atoms with Crippen LogP contribution in [0.4, 0.5) is 0 Å². The molecule has 1 heterocycles. The van der Waals surface area contributed by atoms with Crippen LogP contribution in [0.2, 0.25) is 10.0 Å². The Labute approximate surface area is 155 Å². The molecule has 0 atom stereocenters. The minimum Gasteiger partial charge on any atom is -0.390 e. The van der Waals surface area contributed by atoms with Crippen LogP contribution < -0.4 is 0 Å². The molecular formula is C18H16Cl2N2OS. The lowest BCUT2D eigenvalue weighted by Gasteiger charge is -2.08. The van der Waals surface area contributed by atoms with E-state index in [0.717, 1.165) is 32.1 Å². The summed E-state index contributed by atoms with van der Waals surface area (Å²) < 4.78 is 2.05. The number of halogens is 2. The van der Waals surface area contributed by atoms with Crippen molar-refractivity contribution in [3.05, 3.63) is 81.6 Å². The van der Waals surface area contributed by atoms with Crippen molar-refractivity contribution in [2.45, 2.75) is 24.1 Å². The molecule has 2 aromatic carbocycles. The van der Waals surface area contributed by atoms with E-state index in [2.05, 4.69) is 4.98 Å². The van der Waals surface area contributed by atoms with Gasteiger partial charge in [-0.1, -0.05) is 59.2 Å². The quantitative estimate of drug-likeness (QED) is 0.611. The molecule has 0 unspecified atom stereocenters. The number of hydrogen-bond acceptors (Lipinski definition) is 3. The summed E-state index contributed by atoms with van der Waals surface area (Å²) in [6.07, 6.45) is 1.88. The van der Waals surface area contributed by atoms with Crippen molar-refractivity contribution in [1.29, 1.82) is 0 Å². The van der Waals surface area contributed by atoms with E-state index < -0.39 is 0 Å². The Morgan fingerprint density at radius 2 is 1.79 bits per heavy atom. The molecule has 0 saturated carbocycles. The Kier molecular flexibility index (Phi) is 5.85. The molecule has 1 N–H and O–H groups in total. The second-order valence-corrected chi connectivity index (χ2v) is 7.16. The second kappa shape index (κ2) is 8.08. The molecule has 0 aliphatic heterocycles. The highest BCUT2D eigenvalue weighted by molar-refractivity contribution is 7.98. The van der Waals surface area contributed by atoms with Gasteiger partial charge in [0.05, 0.1) is 12.3 Å². The molecule has 0 aliphatic carbocycles. The third-order valence-corrected chi connectivity index (χ3v) is 5.02. The maximum absolute atomic E-state index is 9.38. The Morgan fingerprint density at radius 3 is 2.50 bits per heavy atom. The number of aliphatic hydroxyl groups excluding tert-OH is 1. The molecule has 3 rings (SSSR count). The van der Waals surface area contributed by atoms with E-state index in [-0.39, 0.29) is 6.61 Å². The minimum atomic E-state index is -0.0711. The predicted molar refractivity (Wildman–Crippen MR) is 99.7 cm³/mol. The molecule has 1 aromatic heterocycles. The molecule has 0 spiro atoms. The number of rotatable bonds is 6. The highest BCUT2D eigenvalue weighted by Crippen LogP contribution is 2.25. The fourth-order valence-electron chi connectivity index (χ4n) is 2.32. The molecule has 0 bridgehead atoms.